The second-order valence-corrected chi connectivity index (χ2v) is 11.3. The summed E-state index contributed by atoms with van der Waals surface area (Å²) in [6.07, 6.45) is 1.34. The monoisotopic (exact) mass is 507 g/mol. The molecule has 0 saturated heterocycles. The number of hydrazine groups is 1. The molecule has 3 rings (SSSR count). The number of aliphatic hydroxyl groups is 1. The van der Waals surface area contributed by atoms with E-state index >= 15 is 0 Å². The maximum atomic E-state index is 13.5. The first-order chi connectivity index (χ1) is 15.7. The largest absolute Gasteiger partial charge is 0.443 e. The van der Waals surface area contributed by atoms with Gasteiger partial charge in [0.1, 0.15) is 11.3 Å². The molecule has 0 radical (unpaired) electrons. The second kappa shape index (κ2) is 10.0. The van der Waals surface area contributed by atoms with Crippen LogP contribution in [-0.4, -0.2) is 51.5 Å². The zero-order valence-corrected chi connectivity index (χ0v) is 21.5. The molecular formula is C24H30ClN3O5S. The van der Waals surface area contributed by atoms with E-state index in [4.69, 9.17) is 16.3 Å². The molecule has 0 aromatic heterocycles. The lowest BCUT2D eigenvalue weighted by Gasteiger charge is -2.28. The van der Waals surface area contributed by atoms with Crippen LogP contribution in [0.3, 0.4) is 0 Å². The predicted octanol–water partition coefficient (Wildman–Crippen LogP) is 3.55. The molecule has 0 fully saturated rings. The van der Waals surface area contributed by atoms with Crippen molar-refractivity contribution >= 4 is 41.1 Å². The number of nitrogens with one attached hydrogen (secondary N) is 2. The van der Waals surface area contributed by atoms with Crippen LogP contribution in [0.15, 0.2) is 46.5 Å². The Morgan fingerprint density at radius 1 is 1.21 bits per heavy atom. The quantitative estimate of drug-likeness (QED) is 0.540. The maximum Gasteiger partial charge on any atom is 0.426 e. The van der Waals surface area contributed by atoms with E-state index in [0.29, 0.717) is 21.9 Å². The smallest absolute Gasteiger partial charge is 0.426 e. The van der Waals surface area contributed by atoms with Crippen molar-refractivity contribution in [1.82, 2.24) is 15.8 Å². The number of benzene rings is 1. The Kier molecular flexibility index (Phi) is 7.69. The van der Waals surface area contributed by atoms with Gasteiger partial charge in [0.05, 0.1) is 22.0 Å². The number of ether oxygens (including phenoxy) is 1. The summed E-state index contributed by atoms with van der Waals surface area (Å²) >= 11 is 7.27. The van der Waals surface area contributed by atoms with Crippen LogP contribution in [0.25, 0.3) is 0 Å². The zero-order chi connectivity index (χ0) is 25.3. The minimum atomic E-state index is -1.09. The number of carbonyl (C=O) groups is 3. The van der Waals surface area contributed by atoms with E-state index in [1.807, 2.05) is 12.1 Å². The number of halogens is 1. The van der Waals surface area contributed by atoms with Gasteiger partial charge in [-0.1, -0.05) is 41.6 Å². The summed E-state index contributed by atoms with van der Waals surface area (Å²) in [7, 11) is 0. The van der Waals surface area contributed by atoms with E-state index in [-0.39, 0.29) is 23.9 Å². The summed E-state index contributed by atoms with van der Waals surface area (Å²) in [5, 5.41) is 14.8. The Balaban J connectivity index is 1.90. The van der Waals surface area contributed by atoms with E-state index in [1.54, 1.807) is 52.8 Å². The third-order valence-corrected chi connectivity index (χ3v) is 6.27. The first-order valence-corrected chi connectivity index (χ1v) is 12.3. The van der Waals surface area contributed by atoms with E-state index in [2.05, 4.69) is 10.7 Å². The van der Waals surface area contributed by atoms with Gasteiger partial charge in [-0.3, -0.25) is 14.6 Å². The lowest BCUT2D eigenvalue weighted by Crippen LogP contribution is -2.45. The zero-order valence-electron chi connectivity index (χ0n) is 19.9. The normalized spacial score (nSPS) is 18.4. The number of thioether (sulfide) groups is 1. The number of rotatable bonds is 6. The van der Waals surface area contributed by atoms with Crippen molar-refractivity contribution in [3.63, 3.8) is 0 Å². The highest BCUT2D eigenvalue weighted by Gasteiger charge is 2.40. The minimum absolute atomic E-state index is 0.0477. The number of ketones is 1. The Morgan fingerprint density at radius 3 is 2.44 bits per heavy atom. The Bertz CT molecular complexity index is 1040. The van der Waals surface area contributed by atoms with Gasteiger partial charge >= 0.3 is 6.09 Å². The highest BCUT2D eigenvalue weighted by molar-refractivity contribution is 8.03. The summed E-state index contributed by atoms with van der Waals surface area (Å²) in [4.78, 5) is 39.4. The SMILES string of the molecule is CC(C)(O)CNC(=O)C1=CC(Cc2ccc(Cl)cc2)C(=O)C2=C1SCN2NC(=O)OC(C)(C)C. The van der Waals surface area contributed by atoms with Gasteiger partial charge in [-0.15, -0.1) is 0 Å². The lowest BCUT2D eigenvalue weighted by molar-refractivity contribution is -0.120. The summed E-state index contributed by atoms with van der Waals surface area (Å²) in [5.74, 6) is -0.969. The summed E-state index contributed by atoms with van der Waals surface area (Å²) in [6, 6.07) is 7.16. The summed E-state index contributed by atoms with van der Waals surface area (Å²) < 4.78 is 5.33. The number of amides is 2. The molecule has 34 heavy (non-hydrogen) atoms. The van der Waals surface area contributed by atoms with Gasteiger partial charge < -0.3 is 15.2 Å². The van der Waals surface area contributed by atoms with Crippen LogP contribution in [0, 0.1) is 5.92 Å². The van der Waals surface area contributed by atoms with Gasteiger partial charge in [0, 0.05) is 17.5 Å². The molecule has 10 heteroatoms. The van der Waals surface area contributed by atoms with Crippen LogP contribution in [0.4, 0.5) is 4.79 Å². The van der Waals surface area contributed by atoms with Crippen LogP contribution < -0.4 is 10.7 Å². The van der Waals surface area contributed by atoms with E-state index in [0.717, 1.165) is 5.56 Å². The van der Waals surface area contributed by atoms with Crippen molar-refractivity contribution in [1.29, 1.82) is 0 Å². The van der Waals surface area contributed by atoms with Gasteiger partial charge in [0.2, 0.25) is 0 Å². The van der Waals surface area contributed by atoms with Gasteiger partial charge in [-0.2, -0.15) is 0 Å². The number of hydrogen-bond acceptors (Lipinski definition) is 7. The van der Waals surface area contributed by atoms with Gasteiger partial charge in [-0.05, 0) is 58.7 Å². The molecule has 1 unspecified atom stereocenters. The first-order valence-electron chi connectivity index (χ1n) is 10.9. The second-order valence-electron chi connectivity index (χ2n) is 9.87. The number of Topliss-reactive ketones (excluding diaryl/α,β-unsaturated/α-hetero) is 1. The molecule has 1 atom stereocenters. The molecule has 0 saturated carbocycles. The Hall–Kier alpha value is -2.49. The van der Waals surface area contributed by atoms with Gasteiger partial charge in [0.15, 0.2) is 5.78 Å². The fourth-order valence-electron chi connectivity index (χ4n) is 3.46. The standard InChI is InChI=1S/C24H30ClN3O5S/c1-23(2,3)33-22(31)27-28-13-34-20-17(21(30)26-12-24(4,5)32)11-15(19(29)18(20)28)10-14-6-8-16(25)9-7-14/h6-9,11,15,32H,10,12-13H2,1-5H3,(H,26,30)(H,27,31). The van der Waals surface area contributed by atoms with Crippen LogP contribution in [-0.2, 0) is 20.7 Å². The lowest BCUT2D eigenvalue weighted by atomic mass is 9.86. The van der Waals surface area contributed by atoms with Crippen LogP contribution in [0.5, 0.6) is 0 Å². The molecule has 1 aliphatic heterocycles. The van der Waals surface area contributed by atoms with Crippen LogP contribution >= 0.6 is 23.4 Å². The molecule has 0 bridgehead atoms. The average molecular weight is 508 g/mol. The Morgan fingerprint density at radius 2 is 1.85 bits per heavy atom. The van der Waals surface area contributed by atoms with E-state index < -0.39 is 29.1 Å². The molecule has 1 aliphatic carbocycles. The van der Waals surface area contributed by atoms with E-state index in [1.165, 1.54) is 16.8 Å². The molecule has 184 valence electrons. The topological polar surface area (TPSA) is 108 Å². The van der Waals surface area contributed by atoms with Crippen LogP contribution in [0.2, 0.25) is 5.02 Å². The van der Waals surface area contributed by atoms with Crippen molar-refractivity contribution in [2.24, 2.45) is 5.92 Å². The molecule has 8 nitrogen and oxygen atoms in total. The molecule has 1 aromatic carbocycles. The van der Waals surface area contributed by atoms with Crippen molar-refractivity contribution in [2.45, 2.75) is 52.2 Å². The molecule has 1 heterocycles. The summed E-state index contributed by atoms with van der Waals surface area (Å²) in [5.41, 5.74) is 2.32. The highest BCUT2D eigenvalue weighted by atomic mass is 35.5. The molecule has 1 aromatic rings. The van der Waals surface area contributed by atoms with E-state index in [9.17, 15) is 19.5 Å². The minimum Gasteiger partial charge on any atom is -0.443 e. The molecule has 0 spiro atoms. The fourth-order valence-corrected chi connectivity index (χ4v) is 4.70. The van der Waals surface area contributed by atoms with Crippen molar-refractivity contribution < 1.29 is 24.2 Å². The van der Waals surface area contributed by atoms with Crippen molar-refractivity contribution in [2.75, 3.05) is 12.4 Å². The third-order valence-electron chi connectivity index (χ3n) is 4.93. The molecule has 2 aliphatic rings. The molecular weight excluding hydrogens is 478 g/mol. The maximum absolute atomic E-state index is 13.5. The van der Waals surface area contributed by atoms with Gasteiger partial charge in [-0.25, -0.2) is 10.2 Å². The number of carbonyl (C=O) groups excluding carboxylic acids is 3. The molecule has 2 amide bonds. The highest BCUT2D eigenvalue weighted by Crippen LogP contribution is 2.42. The van der Waals surface area contributed by atoms with Gasteiger partial charge in [0.25, 0.3) is 5.91 Å². The number of nitrogens with zero attached hydrogens (tertiary/aromatic N) is 1. The fraction of sp³-hybridized carbons (Fsp3) is 0.458. The number of allylic oxidation sites excluding steroid dienone is 2. The first kappa shape index (κ1) is 26.1. The van der Waals surface area contributed by atoms with Crippen molar-refractivity contribution in [3.05, 3.63) is 57.1 Å². The molecule has 3 N–H and O–H groups in total. The third kappa shape index (κ3) is 6.77. The average Bonchev–Trinajstić information content (AvgIpc) is 3.11. The van der Waals surface area contributed by atoms with Crippen molar-refractivity contribution in [3.8, 4) is 0 Å². The summed E-state index contributed by atoms with van der Waals surface area (Å²) in [6.45, 7) is 8.48. The predicted molar refractivity (Wildman–Crippen MR) is 132 cm³/mol. The number of hydrogen-bond donors (Lipinski definition) is 3. The van der Waals surface area contributed by atoms with Crippen LogP contribution in [0.1, 0.15) is 40.2 Å². The Labute approximate surface area is 208 Å².